The van der Waals surface area contributed by atoms with Crippen molar-refractivity contribution in [1.82, 2.24) is 5.32 Å². The minimum Gasteiger partial charge on any atom is -0.390 e. The van der Waals surface area contributed by atoms with E-state index in [2.05, 4.69) is 5.32 Å². The van der Waals surface area contributed by atoms with Crippen molar-refractivity contribution in [1.29, 1.82) is 0 Å². The van der Waals surface area contributed by atoms with Gasteiger partial charge >= 0.3 is 0 Å². The molecule has 1 aliphatic rings. The molecular weight excluding hydrogens is 286 g/mol. The Bertz CT molecular complexity index is 887. The predicted molar refractivity (Wildman–Crippen MR) is 90.3 cm³/mol. The van der Waals surface area contributed by atoms with E-state index in [1.807, 2.05) is 66.7 Å². The first kappa shape index (κ1) is 14.0. The van der Waals surface area contributed by atoms with Gasteiger partial charge in [0.05, 0.1) is 12.1 Å². The van der Waals surface area contributed by atoms with Crippen LogP contribution in [0.4, 0.5) is 0 Å². The van der Waals surface area contributed by atoms with Crippen LogP contribution in [0.25, 0.3) is 10.8 Å². The van der Waals surface area contributed by atoms with E-state index in [9.17, 15) is 9.90 Å². The van der Waals surface area contributed by atoms with Crippen molar-refractivity contribution in [2.75, 3.05) is 0 Å². The van der Waals surface area contributed by atoms with Gasteiger partial charge in [-0.1, -0.05) is 54.6 Å². The van der Waals surface area contributed by atoms with Gasteiger partial charge in [-0.25, -0.2) is 0 Å². The van der Waals surface area contributed by atoms with Crippen molar-refractivity contribution in [2.45, 2.75) is 18.6 Å². The van der Waals surface area contributed by atoms with Gasteiger partial charge in [0.2, 0.25) is 0 Å². The van der Waals surface area contributed by atoms with E-state index in [0.717, 1.165) is 21.9 Å². The maximum atomic E-state index is 12.6. The molecule has 1 amide bonds. The molecule has 0 fully saturated rings. The van der Waals surface area contributed by atoms with Gasteiger partial charge in [0.1, 0.15) is 0 Å². The Balaban J connectivity index is 1.62. The Morgan fingerprint density at radius 3 is 2.57 bits per heavy atom. The summed E-state index contributed by atoms with van der Waals surface area (Å²) in [6.07, 6.45) is 0.00978. The Labute approximate surface area is 134 Å². The summed E-state index contributed by atoms with van der Waals surface area (Å²) in [6.45, 7) is 0. The van der Waals surface area contributed by atoms with Gasteiger partial charge < -0.3 is 10.4 Å². The zero-order chi connectivity index (χ0) is 15.8. The van der Waals surface area contributed by atoms with Gasteiger partial charge in [-0.15, -0.1) is 0 Å². The van der Waals surface area contributed by atoms with Crippen LogP contribution in [-0.2, 0) is 6.42 Å². The lowest BCUT2D eigenvalue weighted by Gasteiger charge is -2.18. The number of carbonyl (C=O) groups excluding carboxylic acids is 1. The first-order valence-electron chi connectivity index (χ1n) is 7.78. The number of hydrogen-bond donors (Lipinski definition) is 2. The smallest absolute Gasteiger partial charge is 0.251 e. The number of carbonyl (C=O) groups is 1. The maximum Gasteiger partial charge on any atom is 0.251 e. The summed E-state index contributed by atoms with van der Waals surface area (Å²) in [5.74, 6) is -0.156. The number of aliphatic hydroxyl groups excluding tert-OH is 1. The molecule has 0 spiro atoms. The molecule has 2 N–H and O–H groups in total. The molecule has 3 aromatic rings. The molecule has 3 aromatic carbocycles. The van der Waals surface area contributed by atoms with Crippen molar-refractivity contribution >= 4 is 16.7 Å². The fourth-order valence-corrected chi connectivity index (χ4v) is 3.30. The number of amides is 1. The molecule has 0 heterocycles. The van der Waals surface area contributed by atoms with Crippen LogP contribution in [0.15, 0.2) is 66.7 Å². The van der Waals surface area contributed by atoms with Gasteiger partial charge in [0.15, 0.2) is 0 Å². The van der Waals surface area contributed by atoms with Crippen LogP contribution in [0.5, 0.6) is 0 Å². The molecular formula is C20H17NO2. The molecule has 0 radical (unpaired) electrons. The molecule has 0 aliphatic heterocycles. The summed E-state index contributed by atoms with van der Waals surface area (Å²) in [4.78, 5) is 12.6. The standard InChI is InChI=1S/C20H17NO2/c22-18-12-15-7-3-4-8-17(15)19(18)21-20(23)16-10-9-13-5-1-2-6-14(13)11-16/h1-11,18-19,22H,12H2,(H,21,23)/t18-,19+/m0/s1. The lowest BCUT2D eigenvalue weighted by molar-refractivity contribution is 0.0858. The van der Waals surface area contributed by atoms with Crippen LogP contribution < -0.4 is 5.32 Å². The van der Waals surface area contributed by atoms with Crippen LogP contribution >= 0.6 is 0 Å². The molecule has 0 unspecified atom stereocenters. The van der Waals surface area contributed by atoms with Crippen LogP contribution in [0.2, 0.25) is 0 Å². The SMILES string of the molecule is O=C(N[C@@H]1c2ccccc2C[C@@H]1O)c1ccc2ccccc2c1. The lowest BCUT2D eigenvalue weighted by Crippen LogP contribution is -2.33. The molecule has 114 valence electrons. The fourth-order valence-electron chi connectivity index (χ4n) is 3.30. The molecule has 3 nitrogen and oxygen atoms in total. The summed E-state index contributed by atoms with van der Waals surface area (Å²) in [7, 11) is 0. The number of benzene rings is 3. The molecule has 4 rings (SSSR count). The zero-order valence-electron chi connectivity index (χ0n) is 12.6. The van der Waals surface area contributed by atoms with Crippen LogP contribution in [0, 0.1) is 0 Å². The minimum atomic E-state index is -0.572. The van der Waals surface area contributed by atoms with Crippen molar-refractivity contribution in [3.05, 3.63) is 83.4 Å². The van der Waals surface area contributed by atoms with Gasteiger partial charge in [-0.3, -0.25) is 4.79 Å². The number of nitrogens with one attached hydrogen (secondary N) is 1. The quantitative estimate of drug-likeness (QED) is 0.763. The monoisotopic (exact) mass is 303 g/mol. The van der Waals surface area contributed by atoms with Crippen molar-refractivity contribution < 1.29 is 9.90 Å². The third-order valence-electron chi connectivity index (χ3n) is 4.50. The highest BCUT2D eigenvalue weighted by Gasteiger charge is 2.31. The van der Waals surface area contributed by atoms with Crippen molar-refractivity contribution in [3.8, 4) is 0 Å². The van der Waals surface area contributed by atoms with E-state index in [4.69, 9.17) is 0 Å². The second-order valence-electron chi connectivity index (χ2n) is 5.98. The zero-order valence-corrected chi connectivity index (χ0v) is 12.6. The van der Waals surface area contributed by atoms with Gasteiger partial charge in [-0.05, 0) is 34.0 Å². The van der Waals surface area contributed by atoms with Crippen LogP contribution in [-0.4, -0.2) is 17.1 Å². The summed E-state index contributed by atoms with van der Waals surface area (Å²) < 4.78 is 0. The Morgan fingerprint density at radius 1 is 0.957 bits per heavy atom. The second-order valence-corrected chi connectivity index (χ2v) is 5.98. The summed E-state index contributed by atoms with van der Waals surface area (Å²) >= 11 is 0. The van der Waals surface area contributed by atoms with Gasteiger partial charge in [0.25, 0.3) is 5.91 Å². The molecule has 1 aliphatic carbocycles. The molecule has 0 bridgehead atoms. The summed E-state index contributed by atoms with van der Waals surface area (Å²) in [6, 6.07) is 21.1. The number of fused-ring (bicyclic) bond motifs is 2. The lowest BCUT2D eigenvalue weighted by atomic mass is 10.0. The Kier molecular flexibility index (Phi) is 3.36. The average molecular weight is 303 g/mol. The van der Waals surface area contributed by atoms with E-state index < -0.39 is 6.10 Å². The molecule has 0 aromatic heterocycles. The first-order chi connectivity index (χ1) is 11.2. The molecule has 0 saturated heterocycles. The summed E-state index contributed by atoms with van der Waals surface area (Å²) in [5, 5.41) is 15.4. The van der Waals surface area contributed by atoms with E-state index in [1.54, 1.807) is 0 Å². The van der Waals surface area contributed by atoms with Crippen LogP contribution in [0.1, 0.15) is 27.5 Å². The number of aliphatic hydroxyl groups is 1. The average Bonchev–Trinajstić information content (AvgIpc) is 2.90. The van der Waals surface area contributed by atoms with E-state index >= 15 is 0 Å². The third-order valence-corrected chi connectivity index (χ3v) is 4.50. The molecule has 0 saturated carbocycles. The Hall–Kier alpha value is -2.65. The molecule has 3 heteroatoms. The first-order valence-corrected chi connectivity index (χ1v) is 7.78. The van der Waals surface area contributed by atoms with Crippen molar-refractivity contribution in [2.24, 2.45) is 0 Å². The largest absolute Gasteiger partial charge is 0.390 e. The molecule has 23 heavy (non-hydrogen) atoms. The number of rotatable bonds is 2. The highest BCUT2D eigenvalue weighted by molar-refractivity contribution is 5.98. The highest BCUT2D eigenvalue weighted by Crippen LogP contribution is 2.31. The topological polar surface area (TPSA) is 49.3 Å². The third kappa shape index (κ3) is 2.49. The van der Waals surface area contributed by atoms with Gasteiger partial charge in [0, 0.05) is 12.0 Å². The maximum absolute atomic E-state index is 12.6. The van der Waals surface area contributed by atoms with E-state index in [-0.39, 0.29) is 11.9 Å². The fraction of sp³-hybridized carbons (Fsp3) is 0.150. The predicted octanol–water partition coefficient (Wildman–Crippen LogP) is 3.23. The number of hydrogen-bond acceptors (Lipinski definition) is 2. The Morgan fingerprint density at radius 2 is 1.70 bits per heavy atom. The normalized spacial score (nSPS) is 19.5. The van der Waals surface area contributed by atoms with Crippen molar-refractivity contribution in [3.63, 3.8) is 0 Å². The second kappa shape index (κ2) is 5.52. The van der Waals surface area contributed by atoms with E-state index in [0.29, 0.717) is 12.0 Å². The minimum absolute atomic E-state index is 0.156. The highest BCUT2D eigenvalue weighted by atomic mass is 16.3. The van der Waals surface area contributed by atoms with Crippen LogP contribution in [0.3, 0.4) is 0 Å². The summed E-state index contributed by atoms with van der Waals surface area (Å²) in [5.41, 5.74) is 2.72. The van der Waals surface area contributed by atoms with E-state index in [1.165, 1.54) is 0 Å². The van der Waals surface area contributed by atoms with Gasteiger partial charge in [-0.2, -0.15) is 0 Å². The molecule has 2 atom stereocenters.